The number of H-pyrrole nitrogens is 1. The van der Waals surface area contributed by atoms with E-state index in [1.54, 1.807) is 0 Å². The molecule has 0 bridgehead atoms. The van der Waals surface area contributed by atoms with Crippen LogP contribution in [0, 0.1) is 5.41 Å². The van der Waals surface area contributed by atoms with Crippen molar-refractivity contribution in [3.05, 3.63) is 66.1 Å². The van der Waals surface area contributed by atoms with Gasteiger partial charge in [0.25, 0.3) is 0 Å². The highest BCUT2D eigenvalue weighted by Gasteiger charge is 2.50. The minimum absolute atomic E-state index is 0.166. The van der Waals surface area contributed by atoms with Gasteiger partial charge in [0, 0.05) is 55.7 Å². The molecule has 2 aromatic heterocycles. The lowest BCUT2D eigenvalue weighted by Crippen LogP contribution is -2.37. The van der Waals surface area contributed by atoms with Crippen LogP contribution in [-0.4, -0.2) is 51.9 Å². The minimum Gasteiger partial charge on any atom is -0.361 e. The van der Waals surface area contributed by atoms with Crippen molar-refractivity contribution < 1.29 is 4.79 Å². The first-order valence-corrected chi connectivity index (χ1v) is 10.2. The molecule has 3 aromatic rings. The molecule has 2 aliphatic heterocycles. The van der Waals surface area contributed by atoms with E-state index in [1.807, 2.05) is 24.5 Å². The first-order valence-electron chi connectivity index (χ1n) is 10.2. The number of aromatic amines is 1. The van der Waals surface area contributed by atoms with Gasteiger partial charge in [0.15, 0.2) is 0 Å². The van der Waals surface area contributed by atoms with Crippen LogP contribution in [0.3, 0.4) is 0 Å². The highest BCUT2D eigenvalue weighted by atomic mass is 16.2. The average molecular weight is 374 g/mol. The summed E-state index contributed by atoms with van der Waals surface area (Å²) in [5, 5.41) is 1.19. The van der Waals surface area contributed by atoms with Gasteiger partial charge in [-0.15, -0.1) is 0 Å². The van der Waals surface area contributed by atoms with E-state index in [9.17, 15) is 4.79 Å². The Morgan fingerprint density at radius 2 is 1.96 bits per heavy atom. The lowest BCUT2D eigenvalue weighted by Gasteiger charge is -2.24. The van der Waals surface area contributed by atoms with E-state index < -0.39 is 0 Å². The number of amides is 1. The highest BCUT2D eigenvalue weighted by molar-refractivity contribution is 5.85. The van der Waals surface area contributed by atoms with E-state index in [2.05, 4.69) is 50.2 Å². The molecule has 2 aliphatic rings. The molecule has 1 spiro atoms. The second kappa shape index (κ2) is 7.06. The van der Waals surface area contributed by atoms with Gasteiger partial charge in [-0.1, -0.05) is 30.3 Å². The highest BCUT2D eigenvalue weighted by Crippen LogP contribution is 2.41. The molecule has 5 rings (SSSR count). The Morgan fingerprint density at radius 3 is 2.86 bits per heavy atom. The smallest absolute Gasteiger partial charge is 0.230 e. The maximum absolute atomic E-state index is 13.2. The summed E-state index contributed by atoms with van der Waals surface area (Å²) in [5.41, 5.74) is 3.54. The van der Waals surface area contributed by atoms with E-state index in [0.717, 1.165) is 57.5 Å². The normalized spacial score (nSPS) is 22.7. The Balaban J connectivity index is 1.23. The summed E-state index contributed by atoms with van der Waals surface area (Å²) in [6, 6.07) is 12.5. The molecular weight excluding hydrogens is 348 g/mol. The summed E-state index contributed by atoms with van der Waals surface area (Å²) in [5.74, 6) is 0.367. The van der Waals surface area contributed by atoms with Crippen LogP contribution in [-0.2, 0) is 17.8 Å². The largest absolute Gasteiger partial charge is 0.361 e. The van der Waals surface area contributed by atoms with Crippen molar-refractivity contribution in [1.29, 1.82) is 0 Å². The molecule has 1 atom stereocenters. The van der Waals surface area contributed by atoms with Crippen molar-refractivity contribution >= 4 is 16.8 Å². The standard InChI is InChI=1S/C23H26N4O/c28-22-23(9-13-27(22)11-7-18-4-2-1-3-5-18)8-12-26(17-23)16-19-14-25-21-6-10-24-15-20(19)21/h1-6,10,14-15,25H,7-9,11-13,16-17H2. The van der Waals surface area contributed by atoms with Gasteiger partial charge in [-0.3, -0.25) is 14.7 Å². The second-order valence-corrected chi connectivity index (χ2v) is 8.25. The summed E-state index contributed by atoms with van der Waals surface area (Å²) in [6.07, 6.45) is 8.74. The molecule has 5 heteroatoms. The Bertz CT molecular complexity index is 982. The molecular formula is C23H26N4O. The fraction of sp³-hybridized carbons (Fsp3) is 0.391. The van der Waals surface area contributed by atoms with Crippen LogP contribution in [0.5, 0.6) is 0 Å². The van der Waals surface area contributed by atoms with Gasteiger partial charge in [-0.2, -0.15) is 0 Å². The van der Waals surface area contributed by atoms with Crippen LogP contribution in [0.15, 0.2) is 55.0 Å². The van der Waals surface area contributed by atoms with Crippen LogP contribution in [0.2, 0.25) is 0 Å². The number of pyridine rings is 1. The molecule has 0 aliphatic carbocycles. The van der Waals surface area contributed by atoms with Crippen molar-refractivity contribution in [2.24, 2.45) is 5.41 Å². The van der Waals surface area contributed by atoms with E-state index in [4.69, 9.17) is 0 Å². The maximum atomic E-state index is 13.2. The minimum atomic E-state index is -0.166. The van der Waals surface area contributed by atoms with Crippen LogP contribution < -0.4 is 0 Å². The second-order valence-electron chi connectivity index (χ2n) is 8.25. The zero-order valence-corrected chi connectivity index (χ0v) is 16.1. The number of rotatable bonds is 5. The number of carbonyl (C=O) groups is 1. The lowest BCUT2D eigenvalue weighted by atomic mass is 9.85. The Kier molecular flexibility index (Phi) is 4.40. The third-order valence-electron chi connectivity index (χ3n) is 6.51. The van der Waals surface area contributed by atoms with Crippen molar-refractivity contribution in [1.82, 2.24) is 19.8 Å². The number of carbonyl (C=O) groups excluding carboxylic acids is 1. The van der Waals surface area contributed by atoms with Gasteiger partial charge < -0.3 is 9.88 Å². The number of benzene rings is 1. The summed E-state index contributed by atoms with van der Waals surface area (Å²) >= 11 is 0. The summed E-state index contributed by atoms with van der Waals surface area (Å²) in [7, 11) is 0. The van der Waals surface area contributed by atoms with Crippen LogP contribution in [0.25, 0.3) is 10.9 Å². The molecule has 28 heavy (non-hydrogen) atoms. The van der Waals surface area contributed by atoms with Crippen LogP contribution in [0.4, 0.5) is 0 Å². The number of fused-ring (bicyclic) bond motifs is 1. The zero-order chi connectivity index (χ0) is 19.0. The number of hydrogen-bond donors (Lipinski definition) is 1. The van der Waals surface area contributed by atoms with Gasteiger partial charge >= 0.3 is 0 Å². The van der Waals surface area contributed by atoms with E-state index in [-0.39, 0.29) is 5.41 Å². The van der Waals surface area contributed by atoms with Crippen molar-refractivity contribution in [2.45, 2.75) is 25.8 Å². The Labute approximate surface area is 165 Å². The third kappa shape index (κ3) is 3.10. The molecule has 0 saturated carbocycles. The Hall–Kier alpha value is -2.66. The first kappa shape index (κ1) is 17.4. The molecule has 4 heterocycles. The van der Waals surface area contributed by atoms with Crippen molar-refractivity contribution in [2.75, 3.05) is 26.2 Å². The topological polar surface area (TPSA) is 52.2 Å². The molecule has 2 fully saturated rings. The SMILES string of the molecule is O=C1N(CCc2ccccc2)CCC12CCN(Cc1c[nH]c3ccncc13)C2. The Morgan fingerprint density at radius 1 is 1.11 bits per heavy atom. The summed E-state index contributed by atoms with van der Waals surface area (Å²) < 4.78 is 0. The molecule has 1 aromatic carbocycles. The van der Waals surface area contributed by atoms with E-state index in [0.29, 0.717) is 5.91 Å². The molecule has 0 radical (unpaired) electrons. The molecule has 1 unspecified atom stereocenters. The molecule has 2 saturated heterocycles. The summed E-state index contributed by atoms with van der Waals surface area (Å²) in [6.45, 7) is 4.48. The van der Waals surface area contributed by atoms with Crippen LogP contribution in [0.1, 0.15) is 24.0 Å². The lowest BCUT2D eigenvalue weighted by molar-refractivity contribution is -0.135. The molecule has 1 N–H and O–H groups in total. The monoisotopic (exact) mass is 374 g/mol. The first-order chi connectivity index (χ1) is 13.7. The third-order valence-corrected chi connectivity index (χ3v) is 6.51. The predicted molar refractivity (Wildman–Crippen MR) is 110 cm³/mol. The number of likely N-dealkylation sites (tertiary alicyclic amines) is 2. The quantitative estimate of drug-likeness (QED) is 0.746. The fourth-order valence-corrected chi connectivity index (χ4v) is 4.88. The average Bonchev–Trinajstić information content (AvgIpc) is 3.42. The van der Waals surface area contributed by atoms with E-state index in [1.165, 1.54) is 16.5 Å². The van der Waals surface area contributed by atoms with Gasteiger partial charge in [0.2, 0.25) is 5.91 Å². The van der Waals surface area contributed by atoms with Crippen molar-refractivity contribution in [3.63, 3.8) is 0 Å². The van der Waals surface area contributed by atoms with Gasteiger partial charge in [-0.05, 0) is 43.0 Å². The van der Waals surface area contributed by atoms with Gasteiger partial charge in [0.1, 0.15) is 0 Å². The number of hydrogen-bond acceptors (Lipinski definition) is 3. The number of nitrogens with one attached hydrogen (secondary N) is 1. The fourth-order valence-electron chi connectivity index (χ4n) is 4.88. The predicted octanol–water partition coefficient (Wildman–Crippen LogP) is 3.23. The molecule has 5 nitrogen and oxygen atoms in total. The number of aromatic nitrogens is 2. The molecule has 1 amide bonds. The zero-order valence-electron chi connectivity index (χ0n) is 16.1. The number of nitrogens with zero attached hydrogens (tertiary/aromatic N) is 3. The van der Waals surface area contributed by atoms with Crippen molar-refractivity contribution in [3.8, 4) is 0 Å². The van der Waals surface area contributed by atoms with Gasteiger partial charge in [0.05, 0.1) is 5.41 Å². The molecule has 144 valence electrons. The van der Waals surface area contributed by atoms with Crippen LogP contribution >= 0.6 is 0 Å². The van der Waals surface area contributed by atoms with E-state index >= 15 is 0 Å². The van der Waals surface area contributed by atoms with Gasteiger partial charge in [-0.25, -0.2) is 0 Å². The maximum Gasteiger partial charge on any atom is 0.230 e. The summed E-state index contributed by atoms with van der Waals surface area (Å²) in [4.78, 5) is 25.3.